The maximum Gasteiger partial charge on any atom is 0.348 e. The summed E-state index contributed by atoms with van der Waals surface area (Å²) in [7, 11) is 1.36. The maximum absolute atomic E-state index is 11.3. The van der Waals surface area contributed by atoms with Gasteiger partial charge in [0.2, 0.25) is 0 Å². The average Bonchev–Trinajstić information content (AvgIpc) is 2.95. The van der Waals surface area contributed by atoms with Gasteiger partial charge in [0.25, 0.3) is 0 Å². The first-order chi connectivity index (χ1) is 7.74. The molecule has 0 radical (unpaired) electrons. The molecule has 0 atom stereocenters. The van der Waals surface area contributed by atoms with Crippen LogP contribution in [0, 0.1) is 0 Å². The first-order valence-electron chi connectivity index (χ1n) is 4.48. The molecule has 0 fully saturated rings. The van der Waals surface area contributed by atoms with Crippen molar-refractivity contribution >= 4 is 34.9 Å². The number of carbonyl (C=O) groups excluding carboxylic acids is 2. The van der Waals surface area contributed by atoms with Gasteiger partial charge in [-0.2, -0.15) is 0 Å². The van der Waals surface area contributed by atoms with Crippen LogP contribution in [0.2, 0.25) is 0 Å². The van der Waals surface area contributed by atoms with Crippen molar-refractivity contribution in [3.63, 3.8) is 0 Å². The molecular formula is C11H8O3S2. The Morgan fingerprint density at radius 2 is 1.88 bits per heavy atom. The molecule has 5 heteroatoms. The highest BCUT2D eigenvalue weighted by Gasteiger charge is 2.11. The van der Waals surface area contributed by atoms with Crippen molar-refractivity contribution in [2.75, 3.05) is 7.11 Å². The Bertz CT molecular complexity index is 525. The molecular weight excluding hydrogens is 244 g/mol. The molecule has 2 aromatic heterocycles. The molecule has 0 saturated carbocycles. The van der Waals surface area contributed by atoms with E-state index < -0.39 is 0 Å². The molecule has 16 heavy (non-hydrogen) atoms. The van der Waals surface area contributed by atoms with Crippen LogP contribution in [0.1, 0.15) is 19.3 Å². The van der Waals surface area contributed by atoms with Gasteiger partial charge in [0.05, 0.1) is 12.0 Å². The fourth-order valence-corrected chi connectivity index (χ4v) is 3.07. The van der Waals surface area contributed by atoms with E-state index >= 15 is 0 Å². The third-order valence-electron chi connectivity index (χ3n) is 1.98. The van der Waals surface area contributed by atoms with Gasteiger partial charge in [-0.3, -0.25) is 4.79 Å². The Morgan fingerprint density at radius 1 is 1.19 bits per heavy atom. The summed E-state index contributed by atoms with van der Waals surface area (Å²) < 4.78 is 4.63. The average molecular weight is 252 g/mol. The molecule has 0 aliphatic carbocycles. The van der Waals surface area contributed by atoms with Crippen molar-refractivity contribution in [1.82, 2.24) is 0 Å². The lowest BCUT2D eigenvalue weighted by Crippen LogP contribution is -1.96. The minimum absolute atomic E-state index is 0.330. The van der Waals surface area contributed by atoms with Crippen LogP contribution in [0.15, 0.2) is 24.3 Å². The third kappa shape index (κ3) is 2.05. The molecule has 2 aromatic rings. The van der Waals surface area contributed by atoms with E-state index in [9.17, 15) is 9.59 Å². The molecule has 2 heterocycles. The van der Waals surface area contributed by atoms with E-state index in [2.05, 4.69) is 4.74 Å². The number of hydrogen-bond acceptors (Lipinski definition) is 5. The summed E-state index contributed by atoms with van der Waals surface area (Å²) in [6.07, 6.45) is 0.822. The summed E-state index contributed by atoms with van der Waals surface area (Å²) in [6.45, 7) is 0. The summed E-state index contributed by atoms with van der Waals surface area (Å²) in [5, 5.41) is 0. The molecule has 0 aromatic carbocycles. The third-order valence-corrected chi connectivity index (χ3v) is 4.25. The van der Waals surface area contributed by atoms with Gasteiger partial charge in [-0.25, -0.2) is 4.79 Å². The van der Waals surface area contributed by atoms with Crippen LogP contribution in [-0.4, -0.2) is 19.4 Å². The van der Waals surface area contributed by atoms with Crippen LogP contribution in [0.4, 0.5) is 0 Å². The Morgan fingerprint density at radius 3 is 2.50 bits per heavy atom. The number of esters is 1. The lowest BCUT2D eigenvalue weighted by molar-refractivity contribution is 0.0606. The van der Waals surface area contributed by atoms with E-state index in [1.807, 2.05) is 12.1 Å². The summed E-state index contributed by atoms with van der Waals surface area (Å²) in [5.74, 6) is -0.330. The monoisotopic (exact) mass is 252 g/mol. The topological polar surface area (TPSA) is 43.4 Å². The van der Waals surface area contributed by atoms with Gasteiger partial charge in [0, 0.05) is 9.75 Å². The van der Waals surface area contributed by atoms with Crippen LogP contribution < -0.4 is 0 Å². The van der Waals surface area contributed by atoms with Gasteiger partial charge < -0.3 is 4.74 Å². The number of aldehydes is 1. The second-order valence-electron chi connectivity index (χ2n) is 2.98. The molecule has 0 amide bonds. The smallest absolute Gasteiger partial charge is 0.348 e. The van der Waals surface area contributed by atoms with E-state index in [0.29, 0.717) is 9.75 Å². The Labute approximate surface area is 100 Å². The van der Waals surface area contributed by atoms with Crippen LogP contribution >= 0.6 is 22.7 Å². The number of ether oxygens (including phenoxy) is 1. The number of thiophene rings is 2. The first-order valence-corrected chi connectivity index (χ1v) is 6.11. The maximum atomic E-state index is 11.3. The van der Waals surface area contributed by atoms with Crippen molar-refractivity contribution in [2.24, 2.45) is 0 Å². The second-order valence-corrected chi connectivity index (χ2v) is 5.17. The fraction of sp³-hybridized carbons (Fsp3) is 0.0909. The highest BCUT2D eigenvalue weighted by atomic mass is 32.1. The van der Waals surface area contributed by atoms with Crippen LogP contribution in [0.3, 0.4) is 0 Å². The molecule has 0 N–H and O–H groups in total. The van der Waals surface area contributed by atoms with Crippen molar-refractivity contribution < 1.29 is 14.3 Å². The standard InChI is InChI=1S/C11H8O3S2/c1-14-11(13)10-5-4-9(16-10)8-3-2-7(6-12)15-8/h2-6H,1H3. The number of methoxy groups -OCH3 is 1. The first kappa shape index (κ1) is 11.0. The van der Waals surface area contributed by atoms with Gasteiger partial charge in [0.1, 0.15) is 4.88 Å². The van der Waals surface area contributed by atoms with E-state index in [4.69, 9.17) is 0 Å². The van der Waals surface area contributed by atoms with Crippen LogP contribution in [0.5, 0.6) is 0 Å². The Hall–Kier alpha value is -1.46. The zero-order valence-electron chi connectivity index (χ0n) is 8.43. The lowest BCUT2D eigenvalue weighted by Gasteiger charge is -1.92. The van der Waals surface area contributed by atoms with Gasteiger partial charge in [-0.1, -0.05) is 0 Å². The second kappa shape index (κ2) is 4.59. The summed E-state index contributed by atoms with van der Waals surface area (Å²) in [4.78, 5) is 25.0. The minimum atomic E-state index is -0.330. The Kier molecular flexibility index (Phi) is 3.17. The van der Waals surface area contributed by atoms with Gasteiger partial charge in [0.15, 0.2) is 6.29 Å². The molecule has 0 bridgehead atoms. The lowest BCUT2D eigenvalue weighted by atomic mass is 10.3. The van der Waals surface area contributed by atoms with Crippen molar-refractivity contribution in [2.45, 2.75) is 0 Å². The predicted molar refractivity (Wildman–Crippen MR) is 64.4 cm³/mol. The molecule has 0 spiro atoms. The molecule has 0 aliphatic rings. The highest BCUT2D eigenvalue weighted by Crippen LogP contribution is 2.33. The normalized spacial score (nSPS) is 10.1. The van der Waals surface area contributed by atoms with Crippen molar-refractivity contribution in [3.8, 4) is 9.75 Å². The van der Waals surface area contributed by atoms with Crippen molar-refractivity contribution in [1.29, 1.82) is 0 Å². The van der Waals surface area contributed by atoms with E-state index in [0.717, 1.165) is 16.0 Å². The highest BCUT2D eigenvalue weighted by molar-refractivity contribution is 7.23. The van der Waals surface area contributed by atoms with E-state index in [1.165, 1.54) is 29.8 Å². The zero-order chi connectivity index (χ0) is 11.5. The zero-order valence-corrected chi connectivity index (χ0v) is 10.1. The summed E-state index contributed by atoms with van der Waals surface area (Å²) >= 11 is 2.77. The van der Waals surface area contributed by atoms with E-state index in [-0.39, 0.29) is 5.97 Å². The predicted octanol–water partition coefficient (Wildman–Crippen LogP) is 3.08. The van der Waals surface area contributed by atoms with Gasteiger partial charge >= 0.3 is 5.97 Å². The van der Waals surface area contributed by atoms with Crippen LogP contribution in [-0.2, 0) is 4.74 Å². The molecule has 2 rings (SSSR count). The molecule has 0 aliphatic heterocycles. The molecule has 82 valence electrons. The molecule has 0 unspecified atom stereocenters. The Balaban J connectivity index is 2.31. The summed E-state index contributed by atoms with van der Waals surface area (Å²) in [5.41, 5.74) is 0. The van der Waals surface area contributed by atoms with Gasteiger partial charge in [-0.05, 0) is 24.3 Å². The van der Waals surface area contributed by atoms with Crippen molar-refractivity contribution in [3.05, 3.63) is 34.0 Å². The van der Waals surface area contributed by atoms with E-state index in [1.54, 1.807) is 12.1 Å². The number of hydrogen-bond donors (Lipinski definition) is 0. The minimum Gasteiger partial charge on any atom is -0.465 e. The molecule has 3 nitrogen and oxygen atoms in total. The quantitative estimate of drug-likeness (QED) is 0.623. The fourth-order valence-electron chi connectivity index (χ4n) is 1.23. The molecule has 0 saturated heterocycles. The SMILES string of the molecule is COC(=O)c1ccc(-c2ccc(C=O)s2)s1. The number of rotatable bonds is 3. The van der Waals surface area contributed by atoms with Gasteiger partial charge in [-0.15, -0.1) is 22.7 Å². The largest absolute Gasteiger partial charge is 0.465 e. The summed E-state index contributed by atoms with van der Waals surface area (Å²) in [6, 6.07) is 7.23. The van der Waals surface area contributed by atoms with Crippen LogP contribution in [0.25, 0.3) is 9.75 Å². The number of carbonyl (C=O) groups is 2.